The van der Waals surface area contributed by atoms with Crippen LogP contribution in [0.2, 0.25) is 0 Å². The number of rotatable bonds is 7. The van der Waals surface area contributed by atoms with E-state index in [0.29, 0.717) is 12.1 Å². The van der Waals surface area contributed by atoms with Gasteiger partial charge in [-0.1, -0.05) is 35.5 Å². The summed E-state index contributed by atoms with van der Waals surface area (Å²) in [5, 5.41) is 15.2. The fourth-order valence-electron chi connectivity index (χ4n) is 3.02. The minimum absolute atomic E-state index is 0.0317. The van der Waals surface area contributed by atoms with E-state index in [9.17, 15) is 4.79 Å². The number of hydrogen-bond donors (Lipinski definition) is 0. The highest BCUT2D eigenvalue weighted by Gasteiger charge is 2.13. The van der Waals surface area contributed by atoms with E-state index in [0.717, 1.165) is 35.5 Å². The van der Waals surface area contributed by atoms with Crippen LogP contribution in [0.25, 0.3) is 16.9 Å². The normalized spacial score (nSPS) is 10.8. The Labute approximate surface area is 167 Å². The van der Waals surface area contributed by atoms with Crippen LogP contribution in [0.4, 0.5) is 0 Å². The number of carbonyl (C=O) groups excluding carboxylic acids is 1. The molecule has 2 heterocycles. The number of aryl methyl sites for hydroxylation is 1. The Kier molecular flexibility index (Phi) is 5.42. The van der Waals surface area contributed by atoms with Crippen molar-refractivity contribution in [2.45, 2.75) is 12.8 Å². The van der Waals surface area contributed by atoms with E-state index in [1.807, 2.05) is 48.5 Å². The monoisotopic (exact) mass is 388 g/mol. The molecule has 0 aliphatic rings. The van der Waals surface area contributed by atoms with Gasteiger partial charge in [-0.05, 0) is 41.1 Å². The zero-order valence-electron chi connectivity index (χ0n) is 16.0. The predicted octanol–water partition coefficient (Wildman–Crippen LogP) is 3.02. The summed E-state index contributed by atoms with van der Waals surface area (Å²) < 4.78 is 6.96. The molecule has 1 amide bonds. The van der Waals surface area contributed by atoms with Crippen molar-refractivity contribution in [3.8, 4) is 16.9 Å². The van der Waals surface area contributed by atoms with Crippen LogP contribution >= 0.6 is 0 Å². The Morgan fingerprint density at radius 2 is 1.90 bits per heavy atom. The first-order valence-corrected chi connectivity index (χ1v) is 9.30. The van der Waals surface area contributed by atoms with E-state index < -0.39 is 0 Å². The Morgan fingerprint density at radius 3 is 2.62 bits per heavy atom. The average Bonchev–Trinajstić information content (AvgIpc) is 3.46. The van der Waals surface area contributed by atoms with Gasteiger partial charge < -0.3 is 9.42 Å². The SMILES string of the molecule is CN(CCCc1cc(-c2ccccc2)no1)C(=O)c1ccc(-n2cnnn2)cc1. The van der Waals surface area contributed by atoms with Crippen LogP contribution < -0.4 is 0 Å². The summed E-state index contributed by atoms with van der Waals surface area (Å²) in [7, 11) is 1.80. The van der Waals surface area contributed by atoms with E-state index >= 15 is 0 Å². The summed E-state index contributed by atoms with van der Waals surface area (Å²) in [4.78, 5) is 14.3. The first kappa shape index (κ1) is 18.5. The van der Waals surface area contributed by atoms with Crippen LogP contribution in [0.3, 0.4) is 0 Å². The molecule has 0 radical (unpaired) electrons. The molecule has 0 saturated carbocycles. The van der Waals surface area contributed by atoms with E-state index in [4.69, 9.17) is 4.52 Å². The fraction of sp³-hybridized carbons (Fsp3) is 0.190. The van der Waals surface area contributed by atoms with E-state index in [1.54, 1.807) is 28.8 Å². The lowest BCUT2D eigenvalue weighted by molar-refractivity contribution is 0.0793. The van der Waals surface area contributed by atoms with Crippen LogP contribution in [0.5, 0.6) is 0 Å². The van der Waals surface area contributed by atoms with Gasteiger partial charge in [0.15, 0.2) is 0 Å². The number of aromatic nitrogens is 5. The highest BCUT2D eigenvalue weighted by Crippen LogP contribution is 2.19. The minimum atomic E-state index is -0.0317. The number of amides is 1. The molecule has 2 aromatic heterocycles. The molecule has 0 aliphatic carbocycles. The third-order valence-electron chi connectivity index (χ3n) is 4.62. The van der Waals surface area contributed by atoms with Crippen LogP contribution in [0.1, 0.15) is 22.5 Å². The fourth-order valence-corrected chi connectivity index (χ4v) is 3.02. The quantitative estimate of drug-likeness (QED) is 0.483. The van der Waals surface area contributed by atoms with Gasteiger partial charge in [-0.3, -0.25) is 4.79 Å². The molecule has 8 nitrogen and oxygen atoms in total. The molecular formula is C21H20N6O2. The van der Waals surface area contributed by atoms with Crippen molar-refractivity contribution in [2.24, 2.45) is 0 Å². The molecule has 0 N–H and O–H groups in total. The Hall–Kier alpha value is -3.81. The third-order valence-corrected chi connectivity index (χ3v) is 4.62. The molecule has 0 spiro atoms. The summed E-state index contributed by atoms with van der Waals surface area (Å²) in [6, 6.07) is 19.0. The topological polar surface area (TPSA) is 89.9 Å². The second-order valence-corrected chi connectivity index (χ2v) is 6.68. The van der Waals surface area contributed by atoms with Gasteiger partial charge in [0.25, 0.3) is 5.91 Å². The molecule has 0 fully saturated rings. The van der Waals surface area contributed by atoms with Crippen molar-refractivity contribution in [1.29, 1.82) is 0 Å². The average molecular weight is 388 g/mol. The predicted molar refractivity (Wildman–Crippen MR) is 106 cm³/mol. The van der Waals surface area contributed by atoms with Gasteiger partial charge in [0, 0.05) is 37.2 Å². The first-order valence-electron chi connectivity index (χ1n) is 9.30. The Bertz CT molecular complexity index is 1060. The zero-order chi connectivity index (χ0) is 20.1. The second-order valence-electron chi connectivity index (χ2n) is 6.68. The summed E-state index contributed by atoms with van der Waals surface area (Å²) in [5.41, 5.74) is 3.27. The molecule has 8 heteroatoms. The van der Waals surface area contributed by atoms with Crippen LogP contribution in [-0.2, 0) is 6.42 Å². The van der Waals surface area contributed by atoms with Gasteiger partial charge in [-0.25, -0.2) is 4.68 Å². The standard InChI is InChI=1S/C21H20N6O2/c1-26(21(28)17-9-11-18(12-10-17)27-15-22-24-25-27)13-5-8-19-14-20(23-29-19)16-6-3-2-4-7-16/h2-4,6-7,9-12,14-15H,5,8,13H2,1H3. The van der Waals surface area contributed by atoms with Crippen molar-refractivity contribution in [3.63, 3.8) is 0 Å². The second kappa shape index (κ2) is 8.47. The highest BCUT2D eigenvalue weighted by molar-refractivity contribution is 5.94. The van der Waals surface area contributed by atoms with Crippen molar-refractivity contribution in [3.05, 3.63) is 78.3 Å². The van der Waals surface area contributed by atoms with Gasteiger partial charge in [-0.15, -0.1) is 5.10 Å². The number of benzene rings is 2. The molecule has 29 heavy (non-hydrogen) atoms. The highest BCUT2D eigenvalue weighted by atomic mass is 16.5. The largest absolute Gasteiger partial charge is 0.361 e. The summed E-state index contributed by atoms with van der Waals surface area (Å²) in [5.74, 6) is 0.784. The van der Waals surface area contributed by atoms with E-state index in [2.05, 4.69) is 20.7 Å². The molecule has 0 atom stereocenters. The first-order chi connectivity index (χ1) is 14.2. The molecule has 146 valence electrons. The molecule has 0 unspecified atom stereocenters. The zero-order valence-corrected chi connectivity index (χ0v) is 16.0. The maximum Gasteiger partial charge on any atom is 0.253 e. The van der Waals surface area contributed by atoms with E-state index in [-0.39, 0.29) is 5.91 Å². The molecular weight excluding hydrogens is 368 g/mol. The van der Waals surface area contributed by atoms with Crippen molar-refractivity contribution in [2.75, 3.05) is 13.6 Å². The summed E-state index contributed by atoms with van der Waals surface area (Å²) >= 11 is 0. The molecule has 4 rings (SSSR count). The lowest BCUT2D eigenvalue weighted by Crippen LogP contribution is -2.28. The minimum Gasteiger partial charge on any atom is -0.361 e. The number of tetrazole rings is 1. The van der Waals surface area contributed by atoms with Crippen LogP contribution in [-0.4, -0.2) is 49.8 Å². The third kappa shape index (κ3) is 4.37. The Morgan fingerprint density at radius 1 is 1.10 bits per heavy atom. The maximum atomic E-state index is 12.6. The molecule has 0 bridgehead atoms. The van der Waals surface area contributed by atoms with Gasteiger partial charge in [0.2, 0.25) is 0 Å². The van der Waals surface area contributed by atoms with Crippen molar-refractivity contribution < 1.29 is 9.32 Å². The van der Waals surface area contributed by atoms with Crippen molar-refractivity contribution in [1.82, 2.24) is 30.3 Å². The van der Waals surface area contributed by atoms with Crippen molar-refractivity contribution >= 4 is 5.91 Å². The van der Waals surface area contributed by atoms with Crippen LogP contribution in [0.15, 0.2) is 71.5 Å². The van der Waals surface area contributed by atoms with Crippen LogP contribution in [0, 0.1) is 0 Å². The summed E-state index contributed by atoms with van der Waals surface area (Å²) in [6.45, 7) is 0.620. The Balaban J connectivity index is 1.30. The van der Waals surface area contributed by atoms with Gasteiger partial charge in [-0.2, -0.15) is 0 Å². The summed E-state index contributed by atoms with van der Waals surface area (Å²) in [6.07, 6.45) is 3.01. The lowest BCUT2D eigenvalue weighted by Gasteiger charge is -2.17. The van der Waals surface area contributed by atoms with Gasteiger partial charge in [0.1, 0.15) is 17.8 Å². The molecule has 0 saturated heterocycles. The number of nitrogens with zero attached hydrogens (tertiary/aromatic N) is 6. The lowest BCUT2D eigenvalue weighted by atomic mass is 10.1. The molecule has 0 aliphatic heterocycles. The molecule has 4 aromatic rings. The molecule has 2 aromatic carbocycles. The number of carbonyl (C=O) groups is 1. The number of hydrogen-bond acceptors (Lipinski definition) is 6. The van der Waals surface area contributed by atoms with E-state index in [1.165, 1.54) is 6.33 Å². The smallest absolute Gasteiger partial charge is 0.253 e. The van der Waals surface area contributed by atoms with Gasteiger partial charge >= 0.3 is 0 Å². The maximum absolute atomic E-state index is 12.6. The van der Waals surface area contributed by atoms with Gasteiger partial charge in [0.05, 0.1) is 5.69 Å².